The molecule has 3 aromatic rings. The molecule has 0 atom stereocenters. The lowest BCUT2D eigenvalue weighted by Crippen LogP contribution is -2.07. The number of benzene rings is 1. The summed E-state index contributed by atoms with van der Waals surface area (Å²) in [5.74, 6) is 0. The molecule has 2 N–H and O–H groups in total. The smallest absolute Gasteiger partial charge is 0.270 e. The number of nitrogens with one attached hydrogen (secondary N) is 2. The maximum Gasteiger partial charge on any atom is 0.270 e. The van der Waals surface area contributed by atoms with Gasteiger partial charge in [-0.3, -0.25) is 4.79 Å². The molecule has 0 radical (unpaired) electrons. The van der Waals surface area contributed by atoms with E-state index in [2.05, 4.69) is 15.0 Å². The average molecular weight is 278 g/mol. The van der Waals surface area contributed by atoms with Crippen molar-refractivity contribution < 1.29 is 0 Å². The third-order valence-corrected chi connectivity index (χ3v) is 3.88. The summed E-state index contributed by atoms with van der Waals surface area (Å²) in [4.78, 5) is 21.1. The van der Waals surface area contributed by atoms with E-state index < -0.39 is 0 Å². The fourth-order valence-corrected chi connectivity index (χ4v) is 2.71. The highest BCUT2D eigenvalue weighted by atomic mass is 35.5. The molecule has 6 heteroatoms. The predicted molar refractivity (Wildman–Crippen MR) is 72.3 cm³/mol. The van der Waals surface area contributed by atoms with Crippen LogP contribution >= 0.6 is 23.4 Å². The second-order valence-corrected chi connectivity index (χ2v) is 5.08. The zero-order valence-corrected chi connectivity index (χ0v) is 10.7. The van der Waals surface area contributed by atoms with E-state index in [0.29, 0.717) is 5.03 Å². The standard InChI is InChI=1S/C12H8ClN3OS/c13-10-11(17)14-6-15-12(10)18-9-5-7-3-1-2-4-8(7)16-9/h1-6,16H,(H,14,15,17). The van der Waals surface area contributed by atoms with E-state index in [1.54, 1.807) is 0 Å². The third kappa shape index (κ3) is 2.02. The molecule has 1 aromatic carbocycles. The van der Waals surface area contributed by atoms with Gasteiger partial charge < -0.3 is 9.97 Å². The highest BCUT2D eigenvalue weighted by Crippen LogP contribution is 2.30. The molecule has 18 heavy (non-hydrogen) atoms. The van der Waals surface area contributed by atoms with Crippen molar-refractivity contribution in [1.29, 1.82) is 0 Å². The molecule has 3 rings (SSSR count). The summed E-state index contributed by atoms with van der Waals surface area (Å²) in [6.07, 6.45) is 1.35. The van der Waals surface area contributed by atoms with Crippen LogP contribution in [-0.2, 0) is 0 Å². The van der Waals surface area contributed by atoms with Crippen molar-refractivity contribution in [2.45, 2.75) is 10.1 Å². The van der Waals surface area contributed by atoms with E-state index in [9.17, 15) is 4.79 Å². The fraction of sp³-hybridized carbons (Fsp3) is 0. The average Bonchev–Trinajstić information content (AvgIpc) is 2.77. The molecule has 0 unspecified atom stereocenters. The summed E-state index contributed by atoms with van der Waals surface area (Å²) in [7, 11) is 0. The lowest BCUT2D eigenvalue weighted by molar-refractivity contribution is 1.01. The van der Waals surface area contributed by atoms with E-state index in [-0.39, 0.29) is 10.6 Å². The minimum atomic E-state index is -0.328. The topological polar surface area (TPSA) is 61.5 Å². The zero-order valence-electron chi connectivity index (χ0n) is 9.11. The van der Waals surface area contributed by atoms with Crippen molar-refractivity contribution in [2.24, 2.45) is 0 Å². The quantitative estimate of drug-likeness (QED) is 0.708. The lowest BCUT2D eigenvalue weighted by atomic mass is 10.3. The highest BCUT2D eigenvalue weighted by molar-refractivity contribution is 7.99. The minimum absolute atomic E-state index is 0.112. The minimum Gasteiger partial charge on any atom is -0.349 e. The number of aromatic nitrogens is 3. The van der Waals surface area contributed by atoms with Crippen LogP contribution < -0.4 is 5.56 Å². The van der Waals surface area contributed by atoms with Crippen molar-refractivity contribution in [3.05, 3.63) is 52.0 Å². The second-order valence-electron chi connectivity index (χ2n) is 3.67. The van der Waals surface area contributed by atoms with Gasteiger partial charge in [0.25, 0.3) is 5.56 Å². The zero-order chi connectivity index (χ0) is 12.5. The van der Waals surface area contributed by atoms with Crippen LogP contribution in [0.1, 0.15) is 0 Å². The van der Waals surface area contributed by atoms with Gasteiger partial charge in [-0.2, -0.15) is 0 Å². The molecule has 0 saturated carbocycles. The third-order valence-electron chi connectivity index (χ3n) is 2.48. The van der Waals surface area contributed by atoms with Crippen molar-refractivity contribution in [3.8, 4) is 0 Å². The van der Waals surface area contributed by atoms with E-state index in [0.717, 1.165) is 15.9 Å². The maximum atomic E-state index is 11.4. The maximum absolute atomic E-state index is 11.4. The number of para-hydroxylation sites is 1. The molecule has 4 nitrogen and oxygen atoms in total. The number of rotatable bonds is 2. The molecule has 0 spiro atoms. The van der Waals surface area contributed by atoms with Crippen LogP contribution in [0.3, 0.4) is 0 Å². The monoisotopic (exact) mass is 277 g/mol. The first-order valence-corrected chi connectivity index (χ1v) is 6.42. The Hall–Kier alpha value is -1.72. The van der Waals surface area contributed by atoms with Gasteiger partial charge in [0.1, 0.15) is 10.0 Å². The first kappa shape index (κ1) is 11.4. The molecule has 0 saturated heterocycles. The number of hydrogen-bond acceptors (Lipinski definition) is 3. The van der Waals surface area contributed by atoms with Crippen LogP contribution in [0.5, 0.6) is 0 Å². The van der Waals surface area contributed by atoms with E-state index >= 15 is 0 Å². The van der Waals surface area contributed by atoms with Crippen molar-refractivity contribution >= 4 is 34.3 Å². The second kappa shape index (κ2) is 4.51. The predicted octanol–water partition coefficient (Wildman–Crippen LogP) is 3.06. The largest absolute Gasteiger partial charge is 0.349 e. The van der Waals surface area contributed by atoms with Crippen molar-refractivity contribution in [3.63, 3.8) is 0 Å². The van der Waals surface area contributed by atoms with Gasteiger partial charge in [0.2, 0.25) is 0 Å². The molecule has 0 aliphatic rings. The lowest BCUT2D eigenvalue weighted by Gasteiger charge is -1.98. The number of aromatic amines is 2. The molecular formula is C12H8ClN3OS. The Morgan fingerprint density at radius 3 is 2.94 bits per heavy atom. The molecular weight excluding hydrogens is 270 g/mol. The van der Waals surface area contributed by atoms with Gasteiger partial charge in [0, 0.05) is 10.9 Å². The van der Waals surface area contributed by atoms with Gasteiger partial charge in [-0.15, -0.1) is 0 Å². The molecule has 90 valence electrons. The summed E-state index contributed by atoms with van der Waals surface area (Å²) < 4.78 is 0. The van der Waals surface area contributed by atoms with Crippen LogP contribution in [-0.4, -0.2) is 15.0 Å². The number of hydrogen-bond donors (Lipinski definition) is 2. The summed E-state index contributed by atoms with van der Waals surface area (Å²) >= 11 is 7.24. The first-order chi connectivity index (χ1) is 8.74. The molecule has 0 fully saturated rings. The Kier molecular flexibility index (Phi) is 2.85. The number of nitrogens with zero attached hydrogens (tertiary/aromatic N) is 1. The molecule has 0 bridgehead atoms. The Balaban J connectivity index is 2.01. The van der Waals surface area contributed by atoms with Gasteiger partial charge in [0.15, 0.2) is 0 Å². The molecule has 0 aliphatic heterocycles. The number of H-pyrrole nitrogens is 2. The van der Waals surface area contributed by atoms with Gasteiger partial charge in [-0.05, 0) is 12.1 Å². The van der Waals surface area contributed by atoms with Gasteiger partial charge >= 0.3 is 0 Å². The van der Waals surface area contributed by atoms with E-state index in [1.165, 1.54) is 18.1 Å². The van der Waals surface area contributed by atoms with Crippen LogP contribution in [0.4, 0.5) is 0 Å². The Morgan fingerprint density at radius 1 is 1.28 bits per heavy atom. The summed E-state index contributed by atoms with van der Waals surface area (Å²) in [5, 5.41) is 2.62. The normalized spacial score (nSPS) is 10.9. The SMILES string of the molecule is O=c1[nH]cnc(Sc2cc3ccccc3[nH]2)c1Cl. The molecule has 0 aliphatic carbocycles. The van der Waals surface area contributed by atoms with Crippen molar-refractivity contribution in [1.82, 2.24) is 15.0 Å². The number of fused-ring (bicyclic) bond motifs is 1. The highest BCUT2D eigenvalue weighted by Gasteiger charge is 2.09. The van der Waals surface area contributed by atoms with E-state index in [4.69, 9.17) is 11.6 Å². The molecule has 2 heterocycles. The number of halogens is 1. The summed E-state index contributed by atoms with van der Waals surface area (Å²) in [6.45, 7) is 0. The molecule has 0 amide bonds. The Labute approximate surface area is 111 Å². The van der Waals surface area contributed by atoms with Gasteiger partial charge in [-0.1, -0.05) is 41.6 Å². The van der Waals surface area contributed by atoms with Crippen LogP contribution in [0.25, 0.3) is 10.9 Å². The Morgan fingerprint density at radius 2 is 2.11 bits per heavy atom. The van der Waals surface area contributed by atoms with Crippen LogP contribution in [0.15, 0.2) is 51.5 Å². The fourth-order valence-electron chi connectivity index (χ4n) is 1.64. The Bertz CT molecular complexity index is 732. The van der Waals surface area contributed by atoms with E-state index in [1.807, 2.05) is 30.3 Å². The first-order valence-electron chi connectivity index (χ1n) is 5.23. The molecule has 2 aromatic heterocycles. The van der Waals surface area contributed by atoms with Crippen LogP contribution in [0.2, 0.25) is 5.02 Å². The summed E-state index contributed by atoms with van der Waals surface area (Å²) in [6, 6.07) is 9.95. The summed E-state index contributed by atoms with van der Waals surface area (Å²) in [5.41, 5.74) is 0.714. The van der Waals surface area contributed by atoms with Crippen LogP contribution in [0, 0.1) is 0 Å². The van der Waals surface area contributed by atoms with Gasteiger partial charge in [0.05, 0.1) is 11.4 Å². The van der Waals surface area contributed by atoms with Crippen molar-refractivity contribution in [2.75, 3.05) is 0 Å². The van der Waals surface area contributed by atoms with Gasteiger partial charge in [-0.25, -0.2) is 4.98 Å².